The van der Waals surface area contributed by atoms with Gasteiger partial charge in [0.1, 0.15) is 5.75 Å². The van der Waals surface area contributed by atoms with Crippen molar-refractivity contribution < 1.29 is 22.7 Å². The average molecular weight is 488 g/mol. The van der Waals surface area contributed by atoms with Crippen molar-refractivity contribution in [3.05, 3.63) is 120 Å². The van der Waals surface area contributed by atoms with Crippen molar-refractivity contribution in [2.75, 3.05) is 6.61 Å². The Balaban J connectivity index is 1.71. The number of sulfonamides is 1. The van der Waals surface area contributed by atoms with E-state index in [1.807, 2.05) is 91.0 Å². The highest BCUT2D eigenvalue weighted by Gasteiger charge is 2.28. The Bertz CT molecular complexity index is 1390. The summed E-state index contributed by atoms with van der Waals surface area (Å²) in [7, 11) is -4.15. The summed E-state index contributed by atoms with van der Waals surface area (Å²) in [5, 5.41) is 2.75. The summed E-state index contributed by atoms with van der Waals surface area (Å²) in [5.41, 5.74) is 1.91. The third kappa shape index (κ3) is 6.15. The molecule has 4 aromatic carbocycles. The number of hydrogen-bond acceptors (Lipinski definition) is 5. The zero-order valence-electron chi connectivity index (χ0n) is 19.1. The van der Waals surface area contributed by atoms with Crippen molar-refractivity contribution in [2.45, 2.75) is 13.2 Å². The van der Waals surface area contributed by atoms with E-state index in [4.69, 9.17) is 9.47 Å². The molecule has 1 unspecified atom stereocenters. The second kappa shape index (κ2) is 11.0. The number of carbonyl (C=O) groups excluding carboxylic acids is 1. The molecular weight excluding hydrogens is 462 g/mol. The number of esters is 1. The van der Waals surface area contributed by atoms with Gasteiger partial charge in [0.25, 0.3) is 6.23 Å². The monoisotopic (exact) mass is 487 g/mol. The summed E-state index contributed by atoms with van der Waals surface area (Å²) in [4.78, 5) is 12.7. The summed E-state index contributed by atoms with van der Waals surface area (Å²) in [5.74, 6) is -0.474. The van der Waals surface area contributed by atoms with E-state index in [1.165, 1.54) is 0 Å². The first-order valence-corrected chi connectivity index (χ1v) is 12.7. The molecular formula is C28H25NO5S. The fourth-order valence-corrected chi connectivity index (χ4v) is 4.73. The molecule has 1 N–H and O–H groups in total. The first kappa shape index (κ1) is 24.2. The van der Waals surface area contributed by atoms with Crippen LogP contribution in [0.4, 0.5) is 0 Å². The van der Waals surface area contributed by atoms with Crippen LogP contribution in [0.25, 0.3) is 16.3 Å². The molecule has 0 heterocycles. The Labute approximate surface area is 204 Å². The Morgan fingerprint density at radius 3 is 2.03 bits per heavy atom. The average Bonchev–Trinajstić information content (AvgIpc) is 2.88. The van der Waals surface area contributed by atoms with E-state index in [-0.39, 0.29) is 6.61 Å². The number of benzene rings is 4. The normalized spacial score (nSPS) is 12.0. The van der Waals surface area contributed by atoms with E-state index in [0.717, 1.165) is 16.2 Å². The number of hydrogen-bond donors (Lipinski definition) is 1. The van der Waals surface area contributed by atoms with Crippen molar-refractivity contribution >= 4 is 32.3 Å². The van der Waals surface area contributed by atoms with Crippen LogP contribution in [-0.2, 0) is 19.6 Å². The third-order valence-corrected chi connectivity index (χ3v) is 6.30. The maximum Gasteiger partial charge on any atom is 0.364 e. The Hall–Kier alpha value is -3.94. The minimum Gasteiger partial charge on any atom is -0.462 e. The molecule has 0 aliphatic carbocycles. The van der Waals surface area contributed by atoms with Gasteiger partial charge in [-0.25, -0.2) is 13.2 Å². The van der Waals surface area contributed by atoms with Crippen LogP contribution in [0, 0.1) is 0 Å². The van der Waals surface area contributed by atoms with E-state index in [1.54, 1.807) is 19.1 Å². The highest BCUT2D eigenvalue weighted by atomic mass is 32.2. The topological polar surface area (TPSA) is 81.7 Å². The Kier molecular flexibility index (Phi) is 7.60. The van der Waals surface area contributed by atoms with E-state index in [0.29, 0.717) is 22.4 Å². The van der Waals surface area contributed by atoms with Crippen molar-refractivity contribution in [1.82, 2.24) is 4.72 Å². The SMILES string of the molecule is CCOC(=O)C(NS(=O)(=O)C=C(c1ccccc1)c1ccccc1)Oc1cccc2ccccc12. The molecule has 0 saturated carbocycles. The fourth-order valence-electron chi connectivity index (χ4n) is 3.64. The van der Waals surface area contributed by atoms with Gasteiger partial charge in [0, 0.05) is 11.0 Å². The summed E-state index contributed by atoms with van der Waals surface area (Å²) >= 11 is 0. The van der Waals surface area contributed by atoms with Crippen molar-refractivity contribution in [3.8, 4) is 5.75 Å². The zero-order valence-corrected chi connectivity index (χ0v) is 19.9. The van der Waals surface area contributed by atoms with E-state index >= 15 is 0 Å². The van der Waals surface area contributed by atoms with Gasteiger partial charge in [0.05, 0.1) is 12.0 Å². The molecule has 0 spiro atoms. The number of fused-ring (bicyclic) bond motifs is 1. The second-order valence-electron chi connectivity index (χ2n) is 7.65. The number of nitrogens with one attached hydrogen (secondary N) is 1. The highest BCUT2D eigenvalue weighted by molar-refractivity contribution is 7.92. The van der Waals surface area contributed by atoms with E-state index in [9.17, 15) is 13.2 Å². The van der Waals surface area contributed by atoms with Crippen LogP contribution < -0.4 is 9.46 Å². The maximum absolute atomic E-state index is 13.3. The van der Waals surface area contributed by atoms with Gasteiger partial charge >= 0.3 is 5.97 Å². The van der Waals surface area contributed by atoms with Gasteiger partial charge in [0.2, 0.25) is 10.0 Å². The minimum absolute atomic E-state index is 0.0745. The lowest BCUT2D eigenvalue weighted by Gasteiger charge is -2.19. The van der Waals surface area contributed by atoms with Gasteiger partial charge in [-0.05, 0) is 29.5 Å². The lowest BCUT2D eigenvalue weighted by Crippen LogP contribution is -2.45. The minimum atomic E-state index is -4.15. The lowest BCUT2D eigenvalue weighted by atomic mass is 10.00. The summed E-state index contributed by atoms with van der Waals surface area (Å²) in [6, 6.07) is 31.1. The van der Waals surface area contributed by atoms with Crippen LogP contribution in [0.1, 0.15) is 18.1 Å². The van der Waals surface area contributed by atoms with Crippen molar-refractivity contribution in [1.29, 1.82) is 0 Å². The quantitative estimate of drug-likeness (QED) is 0.262. The molecule has 0 radical (unpaired) electrons. The molecule has 0 bridgehead atoms. The number of rotatable bonds is 9. The van der Waals surface area contributed by atoms with E-state index < -0.39 is 22.2 Å². The number of ether oxygens (including phenoxy) is 2. The molecule has 0 aliphatic heterocycles. The first-order chi connectivity index (χ1) is 17.0. The Morgan fingerprint density at radius 1 is 0.829 bits per heavy atom. The molecule has 178 valence electrons. The number of carbonyl (C=O) groups is 1. The van der Waals surface area contributed by atoms with Gasteiger partial charge in [-0.3, -0.25) is 0 Å². The third-order valence-electron chi connectivity index (χ3n) is 5.21. The van der Waals surface area contributed by atoms with Crippen LogP contribution in [0.15, 0.2) is 109 Å². The molecule has 4 rings (SSSR count). The molecule has 0 aliphatic rings. The zero-order chi connectivity index (χ0) is 24.7. The highest BCUT2D eigenvalue weighted by Crippen LogP contribution is 2.27. The van der Waals surface area contributed by atoms with Gasteiger partial charge in [0.15, 0.2) is 0 Å². The standard InChI is InChI=1S/C28H25NO5S/c1-2-33-28(30)27(34-26-19-11-17-21-16-9-10-18-24(21)26)29-35(31,32)20-25(22-12-5-3-6-13-22)23-14-7-4-8-15-23/h3-20,27,29H,2H2,1H3. The predicted molar refractivity (Wildman–Crippen MR) is 137 cm³/mol. The first-order valence-electron chi connectivity index (χ1n) is 11.1. The molecule has 35 heavy (non-hydrogen) atoms. The largest absolute Gasteiger partial charge is 0.462 e. The summed E-state index contributed by atoms with van der Waals surface area (Å²) < 4.78 is 39.9. The van der Waals surface area contributed by atoms with Gasteiger partial charge in [-0.1, -0.05) is 97.1 Å². The summed E-state index contributed by atoms with van der Waals surface area (Å²) in [6.45, 7) is 1.72. The van der Waals surface area contributed by atoms with Crippen LogP contribution in [0.5, 0.6) is 5.75 Å². The van der Waals surface area contributed by atoms with Crippen LogP contribution in [-0.4, -0.2) is 27.2 Å². The predicted octanol–water partition coefficient (Wildman–Crippen LogP) is 5.12. The smallest absolute Gasteiger partial charge is 0.364 e. The molecule has 1 atom stereocenters. The molecule has 6 nitrogen and oxygen atoms in total. The van der Waals surface area contributed by atoms with Crippen LogP contribution in [0.2, 0.25) is 0 Å². The molecule has 4 aromatic rings. The molecule has 0 aromatic heterocycles. The van der Waals surface area contributed by atoms with E-state index in [2.05, 4.69) is 4.72 Å². The second-order valence-corrected chi connectivity index (χ2v) is 9.22. The van der Waals surface area contributed by atoms with Gasteiger partial charge < -0.3 is 9.47 Å². The molecule has 0 amide bonds. The van der Waals surface area contributed by atoms with Crippen molar-refractivity contribution in [3.63, 3.8) is 0 Å². The molecule has 0 saturated heterocycles. The molecule has 7 heteroatoms. The van der Waals surface area contributed by atoms with Gasteiger partial charge in [-0.2, -0.15) is 4.72 Å². The van der Waals surface area contributed by atoms with Crippen molar-refractivity contribution in [2.24, 2.45) is 0 Å². The van der Waals surface area contributed by atoms with Gasteiger partial charge in [-0.15, -0.1) is 0 Å². The van der Waals surface area contributed by atoms with Crippen LogP contribution >= 0.6 is 0 Å². The maximum atomic E-state index is 13.3. The fraction of sp³-hybridized carbons (Fsp3) is 0.107. The lowest BCUT2D eigenvalue weighted by molar-refractivity contribution is -0.151. The molecule has 0 fully saturated rings. The summed E-state index contributed by atoms with van der Waals surface area (Å²) in [6.07, 6.45) is -1.57. The van der Waals surface area contributed by atoms with Crippen LogP contribution in [0.3, 0.4) is 0 Å². The Morgan fingerprint density at radius 2 is 1.40 bits per heavy atom.